The molecule has 0 heterocycles. The number of nitrogens with one attached hydrogen (secondary N) is 1. The van der Waals surface area contributed by atoms with Crippen LogP contribution in [-0.4, -0.2) is 34.5 Å². The molecule has 0 aromatic heterocycles. The van der Waals surface area contributed by atoms with Crippen LogP contribution in [0, 0.1) is 5.82 Å². The van der Waals surface area contributed by atoms with Gasteiger partial charge in [-0.05, 0) is 30.4 Å². The van der Waals surface area contributed by atoms with E-state index in [0.29, 0.717) is 11.4 Å². The number of rotatable bonds is 7. The topological polar surface area (TPSA) is 92.4 Å². The van der Waals surface area contributed by atoms with Crippen LogP contribution < -0.4 is 11.1 Å². The van der Waals surface area contributed by atoms with Crippen LogP contribution in [0.4, 0.5) is 10.1 Å². The minimum absolute atomic E-state index is 0.122. The number of thioether (sulfide) groups is 1. The molecule has 8 heteroatoms. The number of amides is 1. The van der Waals surface area contributed by atoms with Gasteiger partial charge in [0.05, 0.1) is 16.5 Å². The highest BCUT2D eigenvalue weighted by Gasteiger charge is 2.11. The second kappa shape index (κ2) is 8.08. The molecule has 5 nitrogen and oxygen atoms in total. The van der Waals surface area contributed by atoms with Gasteiger partial charge in [0, 0.05) is 0 Å². The molecule has 0 aliphatic carbocycles. The molecule has 1 aromatic rings. The predicted octanol–water partition coefficient (Wildman–Crippen LogP) is 1.95. The van der Waals surface area contributed by atoms with Crippen molar-refractivity contribution in [3.63, 3.8) is 0 Å². The van der Waals surface area contributed by atoms with Gasteiger partial charge in [-0.2, -0.15) is 11.8 Å². The fourth-order valence-electron chi connectivity index (χ4n) is 1.28. The highest BCUT2D eigenvalue weighted by Crippen LogP contribution is 2.22. The smallest absolute Gasteiger partial charge is 0.320 e. The summed E-state index contributed by atoms with van der Waals surface area (Å²) in [5.74, 6) is -1.25. The lowest BCUT2D eigenvalue weighted by Gasteiger charge is -2.08. The molecule has 0 bridgehead atoms. The Bertz CT molecular complexity index is 502. The van der Waals surface area contributed by atoms with Gasteiger partial charge in [-0.3, -0.25) is 9.59 Å². The summed E-state index contributed by atoms with van der Waals surface area (Å²) in [5, 5.41) is 11.2. The number of carboxylic acids is 1. The van der Waals surface area contributed by atoms with Crippen molar-refractivity contribution >= 4 is 40.9 Å². The van der Waals surface area contributed by atoms with Gasteiger partial charge in [0.2, 0.25) is 5.91 Å². The van der Waals surface area contributed by atoms with E-state index in [4.69, 9.17) is 22.4 Å². The third-order valence-corrected chi connectivity index (χ3v) is 3.63. The average Bonchev–Trinajstić information content (AvgIpc) is 2.37. The molecule has 0 radical (unpaired) electrons. The first kappa shape index (κ1) is 16.7. The molecular formula is C12H14ClFN2O3S. The van der Waals surface area contributed by atoms with Crippen molar-refractivity contribution in [2.24, 2.45) is 5.73 Å². The van der Waals surface area contributed by atoms with E-state index in [1.165, 1.54) is 23.9 Å². The number of carbonyl (C=O) groups excluding carboxylic acids is 1. The van der Waals surface area contributed by atoms with E-state index in [2.05, 4.69) is 5.32 Å². The van der Waals surface area contributed by atoms with Crippen LogP contribution >= 0.6 is 23.4 Å². The van der Waals surface area contributed by atoms with Crippen LogP contribution in [-0.2, 0) is 9.59 Å². The van der Waals surface area contributed by atoms with Crippen LogP contribution in [0.3, 0.4) is 0 Å². The Morgan fingerprint density at radius 2 is 2.20 bits per heavy atom. The lowest BCUT2D eigenvalue weighted by atomic mass is 10.2. The maximum atomic E-state index is 12.8. The highest BCUT2D eigenvalue weighted by molar-refractivity contribution is 7.99. The van der Waals surface area contributed by atoms with E-state index in [1.54, 1.807) is 0 Å². The first-order chi connectivity index (χ1) is 9.40. The first-order valence-corrected chi connectivity index (χ1v) is 7.24. The van der Waals surface area contributed by atoms with Crippen LogP contribution in [0.25, 0.3) is 0 Å². The molecule has 20 heavy (non-hydrogen) atoms. The monoisotopic (exact) mass is 320 g/mol. The zero-order valence-electron chi connectivity index (χ0n) is 10.4. The van der Waals surface area contributed by atoms with Crippen LogP contribution in [0.2, 0.25) is 5.02 Å². The number of nitrogens with two attached hydrogens (primary N) is 1. The first-order valence-electron chi connectivity index (χ1n) is 5.71. The summed E-state index contributed by atoms with van der Waals surface area (Å²) < 4.78 is 12.8. The quantitative estimate of drug-likeness (QED) is 0.668. The lowest BCUT2D eigenvalue weighted by molar-refractivity contribution is -0.138. The molecule has 1 amide bonds. The van der Waals surface area contributed by atoms with Crippen LogP contribution in [0.1, 0.15) is 6.42 Å². The molecule has 0 aliphatic rings. The zero-order chi connectivity index (χ0) is 15.1. The minimum atomic E-state index is -1.06. The van der Waals surface area contributed by atoms with Crippen molar-refractivity contribution in [2.75, 3.05) is 16.8 Å². The second-order valence-electron chi connectivity index (χ2n) is 3.96. The predicted molar refractivity (Wildman–Crippen MR) is 77.6 cm³/mol. The van der Waals surface area contributed by atoms with Crippen LogP contribution in [0.15, 0.2) is 18.2 Å². The fraction of sp³-hybridized carbons (Fsp3) is 0.333. The number of aliphatic carboxylic acids is 1. The Labute approximate surface area is 124 Å². The van der Waals surface area contributed by atoms with E-state index in [-0.39, 0.29) is 23.1 Å². The number of halogens is 2. The van der Waals surface area contributed by atoms with E-state index in [9.17, 15) is 14.0 Å². The van der Waals surface area contributed by atoms with Crippen molar-refractivity contribution in [1.29, 1.82) is 0 Å². The third-order valence-electron chi connectivity index (χ3n) is 2.33. The standard InChI is InChI=1S/C12H14ClFN2O3S/c13-8-5-7(14)1-2-10(8)16-11(17)6-20-4-3-9(15)12(18)19/h1-2,5,9H,3-4,6,15H2,(H,16,17)(H,18,19). The molecule has 0 aliphatic heterocycles. The maximum absolute atomic E-state index is 12.8. The van der Waals surface area contributed by atoms with Gasteiger partial charge in [-0.25, -0.2) is 4.39 Å². The molecule has 4 N–H and O–H groups in total. The summed E-state index contributed by atoms with van der Waals surface area (Å²) in [6, 6.07) is 2.76. The molecule has 1 atom stereocenters. The summed E-state index contributed by atoms with van der Waals surface area (Å²) in [4.78, 5) is 22.1. The van der Waals surface area contributed by atoms with Gasteiger partial charge in [0.25, 0.3) is 0 Å². The SMILES string of the molecule is NC(CCSCC(=O)Nc1ccc(F)cc1Cl)C(=O)O. The van der Waals surface area contributed by atoms with Crippen molar-refractivity contribution in [3.8, 4) is 0 Å². The maximum Gasteiger partial charge on any atom is 0.320 e. The van der Waals surface area contributed by atoms with Crippen molar-refractivity contribution in [2.45, 2.75) is 12.5 Å². The molecular weight excluding hydrogens is 307 g/mol. The molecule has 1 unspecified atom stereocenters. The second-order valence-corrected chi connectivity index (χ2v) is 5.47. The summed E-state index contributed by atoms with van der Waals surface area (Å²) in [6.45, 7) is 0. The van der Waals surface area contributed by atoms with Gasteiger partial charge in [0.15, 0.2) is 0 Å². The van der Waals surface area contributed by atoms with Crippen molar-refractivity contribution in [3.05, 3.63) is 29.0 Å². The average molecular weight is 321 g/mol. The number of hydrogen-bond donors (Lipinski definition) is 3. The third kappa shape index (κ3) is 5.77. The summed E-state index contributed by atoms with van der Waals surface area (Å²) >= 11 is 7.03. The number of carboxylic acid groups (broad SMARTS) is 1. The highest BCUT2D eigenvalue weighted by atomic mass is 35.5. The largest absolute Gasteiger partial charge is 0.480 e. The fourth-order valence-corrected chi connectivity index (χ4v) is 2.31. The van der Waals surface area contributed by atoms with Gasteiger partial charge >= 0.3 is 5.97 Å². The number of carbonyl (C=O) groups is 2. The van der Waals surface area contributed by atoms with Gasteiger partial charge < -0.3 is 16.2 Å². The Balaban J connectivity index is 2.32. The van der Waals surface area contributed by atoms with Crippen molar-refractivity contribution < 1.29 is 19.1 Å². The normalized spacial score (nSPS) is 11.9. The number of anilines is 1. The van der Waals surface area contributed by atoms with E-state index >= 15 is 0 Å². The van der Waals surface area contributed by atoms with Crippen LogP contribution in [0.5, 0.6) is 0 Å². The molecule has 1 rings (SSSR count). The Morgan fingerprint density at radius 1 is 1.50 bits per heavy atom. The minimum Gasteiger partial charge on any atom is -0.480 e. The summed E-state index contributed by atoms with van der Waals surface area (Å²) in [5.41, 5.74) is 5.66. The van der Waals surface area contributed by atoms with Gasteiger partial charge in [0.1, 0.15) is 11.9 Å². The van der Waals surface area contributed by atoms with E-state index in [1.807, 2.05) is 0 Å². The van der Waals surface area contributed by atoms with Gasteiger partial charge in [-0.1, -0.05) is 11.6 Å². The zero-order valence-corrected chi connectivity index (χ0v) is 12.0. The van der Waals surface area contributed by atoms with Crippen molar-refractivity contribution in [1.82, 2.24) is 0 Å². The van der Waals surface area contributed by atoms with E-state index < -0.39 is 17.8 Å². The molecule has 0 fully saturated rings. The molecule has 1 aromatic carbocycles. The molecule has 110 valence electrons. The summed E-state index contributed by atoms with van der Waals surface area (Å²) in [7, 11) is 0. The molecule has 0 saturated carbocycles. The Morgan fingerprint density at radius 3 is 2.80 bits per heavy atom. The van der Waals surface area contributed by atoms with E-state index in [0.717, 1.165) is 6.07 Å². The number of benzene rings is 1. The van der Waals surface area contributed by atoms with Gasteiger partial charge in [-0.15, -0.1) is 0 Å². The number of hydrogen-bond acceptors (Lipinski definition) is 4. The summed E-state index contributed by atoms with van der Waals surface area (Å²) in [6.07, 6.45) is 0.282. The lowest BCUT2D eigenvalue weighted by Crippen LogP contribution is -2.30. The molecule has 0 saturated heterocycles. The Hall–Kier alpha value is -1.31. The molecule has 0 spiro atoms. The Kier molecular flexibility index (Phi) is 6.77.